The summed E-state index contributed by atoms with van der Waals surface area (Å²) >= 11 is 0. The Morgan fingerprint density at radius 2 is 2.05 bits per heavy atom. The number of rotatable bonds is 5. The van der Waals surface area contributed by atoms with Crippen LogP contribution in [-0.4, -0.2) is 50.4 Å². The van der Waals surface area contributed by atoms with Crippen LogP contribution < -0.4 is 5.32 Å². The molecule has 1 aromatic carbocycles. The van der Waals surface area contributed by atoms with Crippen molar-refractivity contribution in [1.82, 2.24) is 4.90 Å². The molecule has 0 spiro atoms. The molecule has 1 aromatic rings. The fourth-order valence-electron chi connectivity index (χ4n) is 2.34. The fourth-order valence-corrected chi connectivity index (χ4v) is 4.15. The summed E-state index contributed by atoms with van der Waals surface area (Å²) in [5, 5.41) is 2.68. The number of nitrogens with one attached hydrogen (secondary N) is 1. The van der Waals surface area contributed by atoms with Crippen LogP contribution in [0.5, 0.6) is 0 Å². The molecular weight excluding hydrogens is 295 g/mol. The van der Waals surface area contributed by atoms with Gasteiger partial charge in [-0.3, -0.25) is 4.79 Å². The molecule has 2 rings (SSSR count). The third kappa shape index (κ3) is 4.78. The van der Waals surface area contributed by atoms with Crippen molar-refractivity contribution in [1.29, 1.82) is 0 Å². The van der Waals surface area contributed by atoms with Gasteiger partial charge in [-0.2, -0.15) is 0 Å². The number of benzene rings is 1. The lowest BCUT2D eigenvalue weighted by Gasteiger charge is -2.22. The first-order valence-corrected chi connectivity index (χ1v) is 8.64. The highest BCUT2D eigenvalue weighted by molar-refractivity contribution is 7.91. The summed E-state index contributed by atoms with van der Waals surface area (Å²) in [4.78, 5) is 13.7. The monoisotopic (exact) mass is 314 g/mol. The summed E-state index contributed by atoms with van der Waals surface area (Å²) in [6, 6.07) is 5.56. The Balaban J connectivity index is 1.77. The number of halogens is 1. The van der Waals surface area contributed by atoms with E-state index < -0.39 is 9.84 Å². The Hall–Kier alpha value is -1.47. The Labute approximate surface area is 124 Å². The molecule has 0 aromatic heterocycles. The van der Waals surface area contributed by atoms with Gasteiger partial charge in [-0.1, -0.05) is 0 Å². The van der Waals surface area contributed by atoms with Gasteiger partial charge >= 0.3 is 0 Å². The van der Waals surface area contributed by atoms with Crippen molar-refractivity contribution < 1.29 is 17.6 Å². The second kappa shape index (κ2) is 6.53. The minimum absolute atomic E-state index is 0.00591. The molecule has 1 saturated heterocycles. The van der Waals surface area contributed by atoms with Crippen molar-refractivity contribution in [3.05, 3.63) is 30.1 Å². The molecule has 0 bridgehead atoms. The first-order valence-electron chi connectivity index (χ1n) is 6.82. The highest BCUT2D eigenvalue weighted by atomic mass is 32.2. The molecule has 1 unspecified atom stereocenters. The van der Waals surface area contributed by atoms with Crippen LogP contribution in [0.2, 0.25) is 0 Å². The van der Waals surface area contributed by atoms with E-state index in [2.05, 4.69) is 5.32 Å². The molecule has 7 heteroatoms. The van der Waals surface area contributed by atoms with E-state index in [0.717, 1.165) is 0 Å². The number of amides is 1. The molecule has 116 valence electrons. The summed E-state index contributed by atoms with van der Waals surface area (Å²) in [6.45, 7) is 0.493. The summed E-state index contributed by atoms with van der Waals surface area (Å²) in [7, 11) is -1.08. The first kappa shape index (κ1) is 15.9. The number of sulfone groups is 1. The van der Waals surface area contributed by atoms with Crippen molar-refractivity contribution in [3.63, 3.8) is 0 Å². The number of carbonyl (C=O) groups excluding carboxylic acids is 1. The van der Waals surface area contributed by atoms with E-state index in [1.807, 2.05) is 11.9 Å². The molecule has 1 N–H and O–H groups in total. The maximum absolute atomic E-state index is 12.7. The smallest absolute Gasteiger partial charge is 0.225 e. The highest BCUT2D eigenvalue weighted by Crippen LogP contribution is 2.16. The number of carbonyl (C=O) groups is 1. The zero-order valence-electron chi connectivity index (χ0n) is 11.9. The van der Waals surface area contributed by atoms with Gasteiger partial charge in [0.05, 0.1) is 11.5 Å². The van der Waals surface area contributed by atoms with Gasteiger partial charge in [0, 0.05) is 24.7 Å². The predicted octanol–water partition coefficient (Wildman–Crippen LogP) is 1.27. The Bertz CT molecular complexity index is 601. The van der Waals surface area contributed by atoms with Crippen molar-refractivity contribution in [2.45, 2.75) is 18.9 Å². The van der Waals surface area contributed by atoms with Gasteiger partial charge < -0.3 is 10.2 Å². The lowest BCUT2D eigenvalue weighted by Crippen LogP contribution is -2.35. The summed E-state index contributed by atoms with van der Waals surface area (Å²) < 4.78 is 35.6. The zero-order chi connectivity index (χ0) is 15.5. The SMILES string of the molecule is CN(CCC(=O)Nc1ccc(F)cc1)C1CCS(=O)(=O)C1. The second-order valence-electron chi connectivity index (χ2n) is 5.34. The molecule has 1 aliphatic heterocycles. The molecule has 1 aliphatic rings. The number of nitrogens with zero attached hydrogens (tertiary/aromatic N) is 1. The van der Waals surface area contributed by atoms with Crippen molar-refractivity contribution in [3.8, 4) is 0 Å². The van der Waals surface area contributed by atoms with E-state index in [1.54, 1.807) is 0 Å². The van der Waals surface area contributed by atoms with Gasteiger partial charge in [0.25, 0.3) is 0 Å². The van der Waals surface area contributed by atoms with Gasteiger partial charge in [0.15, 0.2) is 9.84 Å². The van der Waals surface area contributed by atoms with Gasteiger partial charge in [0.1, 0.15) is 5.82 Å². The molecule has 5 nitrogen and oxygen atoms in total. The molecule has 1 fully saturated rings. The van der Waals surface area contributed by atoms with Crippen LogP contribution in [0.1, 0.15) is 12.8 Å². The van der Waals surface area contributed by atoms with Crippen LogP contribution in [0.4, 0.5) is 10.1 Å². The topological polar surface area (TPSA) is 66.5 Å². The minimum Gasteiger partial charge on any atom is -0.326 e. The van der Waals surface area contributed by atoms with E-state index in [0.29, 0.717) is 18.7 Å². The van der Waals surface area contributed by atoms with Crippen LogP contribution in [-0.2, 0) is 14.6 Å². The third-order valence-corrected chi connectivity index (χ3v) is 5.40. The van der Waals surface area contributed by atoms with E-state index in [-0.39, 0.29) is 35.7 Å². The number of hydrogen-bond donors (Lipinski definition) is 1. The van der Waals surface area contributed by atoms with Gasteiger partial charge in [-0.25, -0.2) is 12.8 Å². The third-order valence-electron chi connectivity index (χ3n) is 3.65. The van der Waals surface area contributed by atoms with E-state index in [9.17, 15) is 17.6 Å². The molecule has 21 heavy (non-hydrogen) atoms. The highest BCUT2D eigenvalue weighted by Gasteiger charge is 2.30. The summed E-state index contributed by atoms with van der Waals surface area (Å²) in [6.07, 6.45) is 0.892. The molecule has 0 radical (unpaired) electrons. The van der Waals surface area contributed by atoms with Crippen LogP contribution in [0.15, 0.2) is 24.3 Å². The van der Waals surface area contributed by atoms with E-state index >= 15 is 0 Å². The van der Waals surface area contributed by atoms with Gasteiger partial charge in [-0.15, -0.1) is 0 Å². The summed E-state index contributed by atoms with van der Waals surface area (Å²) in [5.41, 5.74) is 0.549. The van der Waals surface area contributed by atoms with Crippen LogP contribution in [0.25, 0.3) is 0 Å². The number of hydrogen-bond acceptors (Lipinski definition) is 4. The lowest BCUT2D eigenvalue weighted by molar-refractivity contribution is -0.116. The maximum Gasteiger partial charge on any atom is 0.225 e. The normalized spacial score (nSPS) is 20.6. The Morgan fingerprint density at radius 3 is 2.62 bits per heavy atom. The minimum atomic E-state index is -2.91. The van der Waals surface area contributed by atoms with E-state index in [1.165, 1.54) is 24.3 Å². The quantitative estimate of drug-likeness (QED) is 0.889. The van der Waals surface area contributed by atoms with Crippen LogP contribution >= 0.6 is 0 Å². The van der Waals surface area contributed by atoms with Gasteiger partial charge in [-0.05, 0) is 37.7 Å². The van der Waals surface area contributed by atoms with Crippen LogP contribution in [0, 0.1) is 5.82 Å². The average molecular weight is 314 g/mol. The van der Waals surface area contributed by atoms with Crippen molar-refractivity contribution in [2.24, 2.45) is 0 Å². The van der Waals surface area contributed by atoms with Gasteiger partial charge in [0.2, 0.25) is 5.91 Å². The maximum atomic E-state index is 12.7. The molecule has 1 heterocycles. The Kier molecular flexibility index (Phi) is 4.95. The number of anilines is 1. The van der Waals surface area contributed by atoms with Crippen molar-refractivity contribution in [2.75, 3.05) is 30.4 Å². The lowest BCUT2D eigenvalue weighted by atomic mass is 10.2. The standard InChI is InChI=1S/C14H19FN2O3S/c1-17(13-7-9-21(19,20)10-13)8-6-14(18)16-12-4-2-11(15)3-5-12/h2-5,13H,6-10H2,1H3,(H,16,18). The van der Waals surface area contributed by atoms with Crippen molar-refractivity contribution >= 4 is 21.4 Å². The first-order chi connectivity index (χ1) is 9.85. The molecule has 1 amide bonds. The largest absolute Gasteiger partial charge is 0.326 e. The second-order valence-corrected chi connectivity index (χ2v) is 7.57. The molecule has 0 aliphatic carbocycles. The molecule has 1 atom stereocenters. The van der Waals surface area contributed by atoms with E-state index in [4.69, 9.17) is 0 Å². The fraction of sp³-hybridized carbons (Fsp3) is 0.500. The molecular formula is C14H19FN2O3S. The molecule has 0 saturated carbocycles. The zero-order valence-corrected chi connectivity index (χ0v) is 12.7. The predicted molar refractivity (Wildman–Crippen MR) is 79.3 cm³/mol. The Morgan fingerprint density at radius 1 is 1.38 bits per heavy atom. The summed E-state index contributed by atoms with van der Waals surface area (Å²) in [5.74, 6) is -0.128. The average Bonchev–Trinajstić information content (AvgIpc) is 2.79. The van der Waals surface area contributed by atoms with Crippen LogP contribution in [0.3, 0.4) is 0 Å².